The molecule has 35 heavy (non-hydrogen) atoms. The Hall–Kier alpha value is -4.03. The van der Waals surface area contributed by atoms with Gasteiger partial charge in [0, 0.05) is 19.3 Å². The highest BCUT2D eigenvalue weighted by Gasteiger charge is 2.33. The third-order valence-corrected chi connectivity index (χ3v) is 6.11. The highest BCUT2D eigenvalue weighted by atomic mass is 19.3. The Morgan fingerprint density at radius 3 is 2.66 bits per heavy atom. The Balaban J connectivity index is 1.29. The van der Waals surface area contributed by atoms with Gasteiger partial charge in [-0.05, 0) is 30.3 Å². The summed E-state index contributed by atoms with van der Waals surface area (Å²) in [6.45, 7) is 1.31. The molecule has 1 saturated heterocycles. The smallest absolute Gasteiger partial charge is 0.414 e. The molecule has 2 amide bonds. The molecule has 0 unspecified atom stereocenters. The lowest BCUT2D eigenvalue weighted by Gasteiger charge is -2.23. The van der Waals surface area contributed by atoms with Crippen LogP contribution in [0.5, 0.6) is 0 Å². The summed E-state index contributed by atoms with van der Waals surface area (Å²) in [5, 5.41) is 2.54. The van der Waals surface area contributed by atoms with Gasteiger partial charge in [-0.2, -0.15) is 8.78 Å². The number of benzene rings is 1. The minimum Gasteiger partial charge on any atom is -0.442 e. The zero-order valence-electron chi connectivity index (χ0n) is 18.4. The van der Waals surface area contributed by atoms with Gasteiger partial charge in [0.15, 0.2) is 5.65 Å². The second kappa shape index (κ2) is 8.96. The molecule has 5 rings (SSSR count). The number of carbonyl (C=O) groups excluding carboxylic acids is 2. The number of carbonyl (C=O) groups is 2. The van der Waals surface area contributed by atoms with Crippen LogP contribution in [0.2, 0.25) is 0 Å². The van der Waals surface area contributed by atoms with Crippen LogP contribution in [0.4, 0.5) is 29.3 Å². The van der Waals surface area contributed by atoms with Gasteiger partial charge in [0.05, 0.1) is 42.9 Å². The van der Waals surface area contributed by atoms with Gasteiger partial charge in [0.2, 0.25) is 0 Å². The van der Waals surface area contributed by atoms with Gasteiger partial charge in [-0.15, -0.1) is 0 Å². The van der Waals surface area contributed by atoms with E-state index in [0.717, 1.165) is 0 Å². The molecule has 1 fully saturated rings. The summed E-state index contributed by atoms with van der Waals surface area (Å²) in [6.07, 6.45) is -3.14. The highest BCUT2D eigenvalue weighted by Crippen LogP contribution is 2.28. The van der Waals surface area contributed by atoms with Crippen molar-refractivity contribution in [3.05, 3.63) is 52.7 Å². The molecule has 2 aliphatic heterocycles. The summed E-state index contributed by atoms with van der Waals surface area (Å²) < 4.78 is 48.3. The maximum absolute atomic E-state index is 15.1. The van der Waals surface area contributed by atoms with Crippen LogP contribution in [0.3, 0.4) is 0 Å². The van der Waals surface area contributed by atoms with E-state index >= 15 is 4.39 Å². The molecule has 184 valence electrons. The Morgan fingerprint density at radius 2 is 1.91 bits per heavy atom. The fourth-order valence-corrected chi connectivity index (χ4v) is 4.42. The number of alkyl halides is 2. The van der Waals surface area contributed by atoms with Crippen molar-refractivity contribution in [3.63, 3.8) is 0 Å². The predicted octanol–water partition coefficient (Wildman–Crippen LogP) is 1.56. The number of fused-ring (bicyclic) bond motifs is 3. The van der Waals surface area contributed by atoms with Crippen LogP contribution in [0.1, 0.15) is 0 Å². The topological polar surface area (TPSA) is 102 Å². The van der Waals surface area contributed by atoms with Gasteiger partial charge in [-0.1, -0.05) is 0 Å². The normalized spacial score (nSPS) is 18.1. The van der Waals surface area contributed by atoms with Gasteiger partial charge in [0.1, 0.15) is 11.9 Å². The summed E-state index contributed by atoms with van der Waals surface area (Å²) in [4.78, 5) is 43.3. The van der Waals surface area contributed by atoms with Crippen molar-refractivity contribution in [2.45, 2.75) is 25.6 Å². The van der Waals surface area contributed by atoms with Crippen LogP contribution < -0.4 is 20.7 Å². The van der Waals surface area contributed by atoms with E-state index in [2.05, 4.69) is 4.98 Å². The second-order valence-corrected chi connectivity index (χ2v) is 8.21. The van der Waals surface area contributed by atoms with Crippen molar-refractivity contribution < 1.29 is 27.5 Å². The zero-order chi connectivity index (χ0) is 24.7. The maximum Gasteiger partial charge on any atom is 0.414 e. The number of hydrogen-bond donors (Lipinski definition) is 1. The van der Waals surface area contributed by atoms with Gasteiger partial charge in [0.25, 0.3) is 11.5 Å². The highest BCUT2D eigenvalue weighted by molar-refractivity contribution is 5.90. The molecular formula is C22H21F3N6O4. The molecular weight excluding hydrogens is 469 g/mol. The van der Waals surface area contributed by atoms with E-state index in [4.69, 9.17) is 4.74 Å². The molecule has 0 bridgehead atoms. The van der Waals surface area contributed by atoms with Crippen molar-refractivity contribution in [1.29, 1.82) is 0 Å². The molecule has 1 N–H and O–H groups in total. The van der Waals surface area contributed by atoms with E-state index in [1.54, 1.807) is 39.8 Å². The number of hydrogen-bond acceptors (Lipinski definition) is 6. The molecule has 3 aromatic rings. The molecule has 10 nitrogen and oxygen atoms in total. The molecule has 0 aliphatic carbocycles. The first-order valence-electron chi connectivity index (χ1n) is 11.0. The SMILES string of the molecule is O=C(NC[C@H]1CN(c2ccc(N3CCn4c(=O)c5cccnc5n4CC3)c(F)c2)C(=O)O1)C(F)F. The van der Waals surface area contributed by atoms with E-state index in [9.17, 15) is 23.2 Å². The first-order chi connectivity index (χ1) is 16.8. The summed E-state index contributed by atoms with van der Waals surface area (Å²) >= 11 is 0. The monoisotopic (exact) mass is 490 g/mol. The number of nitrogens with one attached hydrogen (secondary N) is 1. The first kappa shape index (κ1) is 22.7. The Morgan fingerprint density at radius 1 is 1.14 bits per heavy atom. The summed E-state index contributed by atoms with van der Waals surface area (Å²) in [7, 11) is 0. The summed E-state index contributed by atoms with van der Waals surface area (Å²) in [5.41, 5.74) is 1.00. The van der Waals surface area contributed by atoms with E-state index < -0.39 is 30.3 Å². The van der Waals surface area contributed by atoms with E-state index in [1.165, 1.54) is 11.0 Å². The predicted molar refractivity (Wildman–Crippen MR) is 119 cm³/mol. The average molecular weight is 490 g/mol. The van der Waals surface area contributed by atoms with E-state index in [0.29, 0.717) is 42.9 Å². The van der Waals surface area contributed by atoms with Crippen molar-refractivity contribution in [3.8, 4) is 0 Å². The molecule has 0 saturated carbocycles. The number of nitrogens with zero attached hydrogens (tertiary/aromatic N) is 5. The number of aromatic nitrogens is 3. The molecule has 4 heterocycles. The van der Waals surface area contributed by atoms with Crippen LogP contribution >= 0.6 is 0 Å². The molecule has 1 aromatic carbocycles. The van der Waals surface area contributed by atoms with Gasteiger partial charge in [-0.25, -0.2) is 18.9 Å². The number of halogens is 3. The Labute approximate surface area is 196 Å². The van der Waals surface area contributed by atoms with Gasteiger partial charge in [-0.3, -0.25) is 19.2 Å². The van der Waals surface area contributed by atoms with Crippen LogP contribution in [0.25, 0.3) is 11.0 Å². The van der Waals surface area contributed by atoms with Crippen LogP contribution in [0, 0.1) is 5.82 Å². The van der Waals surface area contributed by atoms with Crippen LogP contribution in [0.15, 0.2) is 41.3 Å². The van der Waals surface area contributed by atoms with Crippen molar-refractivity contribution in [2.75, 3.05) is 36.0 Å². The molecule has 2 aliphatic rings. The number of pyridine rings is 1. The molecule has 1 atom stereocenters. The largest absolute Gasteiger partial charge is 0.442 e. The fraction of sp³-hybridized carbons (Fsp3) is 0.364. The minimum atomic E-state index is -3.17. The van der Waals surface area contributed by atoms with Crippen LogP contribution in [-0.2, 0) is 22.6 Å². The Bertz CT molecular complexity index is 1360. The quantitative estimate of drug-likeness (QED) is 0.583. The van der Waals surface area contributed by atoms with Crippen molar-refractivity contribution in [2.24, 2.45) is 0 Å². The number of anilines is 2. The van der Waals surface area contributed by atoms with Gasteiger partial charge >= 0.3 is 12.5 Å². The summed E-state index contributed by atoms with van der Waals surface area (Å²) in [6, 6.07) is 7.75. The zero-order valence-corrected chi connectivity index (χ0v) is 18.4. The lowest BCUT2D eigenvalue weighted by Crippen LogP contribution is -2.37. The van der Waals surface area contributed by atoms with Crippen LogP contribution in [-0.4, -0.2) is 65.1 Å². The lowest BCUT2D eigenvalue weighted by atomic mass is 10.2. The second-order valence-electron chi connectivity index (χ2n) is 8.21. The summed E-state index contributed by atoms with van der Waals surface area (Å²) in [5.74, 6) is -2.02. The lowest BCUT2D eigenvalue weighted by molar-refractivity contribution is -0.132. The first-order valence-corrected chi connectivity index (χ1v) is 11.0. The van der Waals surface area contributed by atoms with E-state index in [-0.39, 0.29) is 24.3 Å². The fourth-order valence-electron chi connectivity index (χ4n) is 4.42. The number of amides is 2. The number of cyclic esters (lactones) is 1. The minimum absolute atomic E-state index is 0.0245. The maximum atomic E-state index is 15.1. The molecule has 0 radical (unpaired) electrons. The molecule has 2 aromatic heterocycles. The standard InChI is InChI=1S/C22H21F3N6O4/c23-16-10-13(29-12-14(35-22(29)34)11-27-20(32)18(24)25)3-4-17(16)28-6-8-30-19-15(2-1-5-26-19)21(33)31(30)9-7-28/h1-5,10,14,18H,6-9,11-12H2,(H,27,32)/t14-/m0/s1. The van der Waals surface area contributed by atoms with Gasteiger partial charge < -0.3 is 15.0 Å². The number of rotatable bonds is 5. The van der Waals surface area contributed by atoms with Crippen molar-refractivity contribution >= 4 is 34.4 Å². The third kappa shape index (κ3) is 4.17. The van der Waals surface area contributed by atoms with Crippen molar-refractivity contribution in [1.82, 2.24) is 19.7 Å². The number of ether oxygens (including phenoxy) is 1. The average Bonchev–Trinajstić information content (AvgIpc) is 3.24. The molecule has 0 spiro atoms. The van der Waals surface area contributed by atoms with E-state index in [1.807, 2.05) is 10.2 Å². The Kier molecular flexibility index (Phi) is 5.83. The molecule has 13 heteroatoms. The third-order valence-electron chi connectivity index (χ3n) is 6.11.